The topological polar surface area (TPSA) is 32.3 Å². The summed E-state index contributed by atoms with van der Waals surface area (Å²) in [5.41, 5.74) is 0. The van der Waals surface area contributed by atoms with Crippen molar-refractivity contribution in [1.29, 1.82) is 0 Å². The zero-order valence-electron chi connectivity index (χ0n) is 13.2. The summed E-state index contributed by atoms with van der Waals surface area (Å²) < 4.78 is 0. The second-order valence-electron chi connectivity index (χ2n) is 5.91. The Kier molecular flexibility index (Phi) is 4.40. The molecule has 2 aromatic rings. The van der Waals surface area contributed by atoms with E-state index in [2.05, 4.69) is 47.1 Å². The lowest BCUT2D eigenvalue weighted by molar-refractivity contribution is 0.300. The number of rotatable bonds is 5. The third-order valence-electron chi connectivity index (χ3n) is 4.36. The van der Waals surface area contributed by atoms with Crippen molar-refractivity contribution in [2.24, 2.45) is 5.92 Å². The van der Waals surface area contributed by atoms with Crippen LogP contribution in [0.1, 0.15) is 26.1 Å². The molecule has 1 fully saturated rings. The van der Waals surface area contributed by atoms with Gasteiger partial charge in [0, 0.05) is 26.1 Å². The van der Waals surface area contributed by atoms with E-state index >= 15 is 0 Å². The Balaban J connectivity index is 1.82. The fourth-order valence-electron chi connectivity index (χ4n) is 3.03. The number of fused-ring (bicyclic) bond motifs is 1. The van der Waals surface area contributed by atoms with Crippen LogP contribution in [-0.2, 0) is 6.42 Å². The molecule has 1 atom stereocenters. The van der Waals surface area contributed by atoms with Crippen LogP contribution in [0.2, 0.25) is 0 Å². The molecule has 0 bridgehead atoms. The highest BCUT2D eigenvalue weighted by Crippen LogP contribution is 2.31. The molecule has 1 aliphatic rings. The molecule has 4 nitrogen and oxygen atoms in total. The van der Waals surface area contributed by atoms with Crippen molar-refractivity contribution in [2.75, 3.05) is 38.1 Å². The first-order valence-electron chi connectivity index (χ1n) is 7.88. The number of hydrogen-bond donors (Lipinski definition) is 0. The van der Waals surface area contributed by atoms with Crippen LogP contribution in [0, 0.1) is 5.92 Å². The highest BCUT2D eigenvalue weighted by atomic mass is 32.1. The monoisotopic (exact) mass is 304 g/mol. The van der Waals surface area contributed by atoms with Crippen LogP contribution in [0.5, 0.6) is 0 Å². The van der Waals surface area contributed by atoms with Gasteiger partial charge in [-0.15, -0.1) is 11.3 Å². The van der Waals surface area contributed by atoms with Crippen LogP contribution in [-0.4, -0.2) is 48.1 Å². The van der Waals surface area contributed by atoms with Crippen LogP contribution < -0.4 is 4.90 Å². The Bertz CT molecular complexity index is 609. The number of thiophene rings is 1. The lowest BCUT2D eigenvalue weighted by atomic mass is 10.1. The van der Waals surface area contributed by atoms with Gasteiger partial charge in [-0.2, -0.15) is 0 Å². The third-order valence-corrected chi connectivity index (χ3v) is 5.17. The van der Waals surface area contributed by atoms with Gasteiger partial charge in [-0.3, -0.25) is 0 Å². The summed E-state index contributed by atoms with van der Waals surface area (Å²) in [5, 5.41) is 3.35. The highest BCUT2D eigenvalue weighted by Gasteiger charge is 2.26. The molecule has 0 aliphatic carbocycles. The van der Waals surface area contributed by atoms with E-state index in [4.69, 9.17) is 4.98 Å². The van der Waals surface area contributed by atoms with Crippen LogP contribution in [0.15, 0.2) is 11.4 Å². The van der Waals surface area contributed by atoms with Crippen molar-refractivity contribution in [3.8, 4) is 0 Å². The van der Waals surface area contributed by atoms with Gasteiger partial charge in [0.2, 0.25) is 0 Å². The molecule has 1 saturated heterocycles. The molecule has 0 radical (unpaired) electrons. The lowest BCUT2D eigenvalue weighted by Gasteiger charge is -2.21. The summed E-state index contributed by atoms with van der Waals surface area (Å²) in [4.78, 5) is 15.5. The maximum Gasteiger partial charge on any atom is 0.141 e. The second kappa shape index (κ2) is 6.28. The van der Waals surface area contributed by atoms with Gasteiger partial charge in [-0.25, -0.2) is 9.97 Å². The summed E-state index contributed by atoms with van der Waals surface area (Å²) in [7, 11) is 2.21. The molecule has 0 saturated carbocycles. The summed E-state index contributed by atoms with van der Waals surface area (Å²) in [6.07, 6.45) is 2.16. The predicted molar refractivity (Wildman–Crippen MR) is 90.3 cm³/mol. The first-order valence-corrected chi connectivity index (χ1v) is 8.76. The molecule has 1 aliphatic heterocycles. The molecular formula is C16H24N4S. The maximum atomic E-state index is 4.82. The Morgan fingerprint density at radius 1 is 1.38 bits per heavy atom. The highest BCUT2D eigenvalue weighted by molar-refractivity contribution is 7.16. The molecule has 1 unspecified atom stereocenters. The fourth-order valence-corrected chi connectivity index (χ4v) is 3.80. The van der Waals surface area contributed by atoms with Gasteiger partial charge in [0.15, 0.2) is 0 Å². The lowest BCUT2D eigenvalue weighted by Crippen LogP contribution is -2.28. The number of hydrogen-bond acceptors (Lipinski definition) is 5. The number of aromatic nitrogens is 2. The van der Waals surface area contributed by atoms with Gasteiger partial charge in [0.25, 0.3) is 0 Å². The molecule has 0 N–H and O–H groups in total. The molecule has 3 heterocycles. The summed E-state index contributed by atoms with van der Waals surface area (Å²) >= 11 is 1.72. The fraction of sp³-hybridized carbons (Fsp3) is 0.625. The van der Waals surface area contributed by atoms with Crippen molar-refractivity contribution in [3.05, 3.63) is 17.3 Å². The summed E-state index contributed by atoms with van der Waals surface area (Å²) in [6, 6.07) is 2.17. The number of nitrogens with zero attached hydrogens (tertiary/aromatic N) is 4. The molecule has 114 valence electrons. The molecule has 21 heavy (non-hydrogen) atoms. The quantitative estimate of drug-likeness (QED) is 0.850. The maximum absolute atomic E-state index is 4.82. The minimum atomic E-state index is 0.753. The SMILES string of the molecule is CCc1nc(N2CCC(CN(C)CC)C2)c2ccsc2n1. The normalized spacial score (nSPS) is 19.0. The van der Waals surface area contributed by atoms with Crippen LogP contribution >= 0.6 is 11.3 Å². The van der Waals surface area contributed by atoms with E-state index < -0.39 is 0 Å². The van der Waals surface area contributed by atoms with Gasteiger partial charge < -0.3 is 9.80 Å². The average molecular weight is 304 g/mol. The molecule has 0 spiro atoms. The number of anilines is 1. The third kappa shape index (κ3) is 3.04. The van der Waals surface area contributed by atoms with Gasteiger partial charge in [-0.05, 0) is 37.4 Å². The molecule has 2 aromatic heterocycles. The van der Waals surface area contributed by atoms with Crippen molar-refractivity contribution in [2.45, 2.75) is 26.7 Å². The Morgan fingerprint density at radius 3 is 3.00 bits per heavy atom. The smallest absolute Gasteiger partial charge is 0.141 e. The number of aryl methyl sites for hydroxylation is 1. The van der Waals surface area contributed by atoms with Gasteiger partial charge >= 0.3 is 0 Å². The summed E-state index contributed by atoms with van der Waals surface area (Å²) in [6.45, 7) is 8.90. The first kappa shape index (κ1) is 14.7. The zero-order chi connectivity index (χ0) is 14.8. The van der Waals surface area contributed by atoms with E-state index in [-0.39, 0.29) is 0 Å². The van der Waals surface area contributed by atoms with Gasteiger partial charge in [0.05, 0.1) is 5.39 Å². The Morgan fingerprint density at radius 2 is 2.24 bits per heavy atom. The molecule has 3 rings (SSSR count). The van der Waals surface area contributed by atoms with E-state index in [9.17, 15) is 0 Å². The summed E-state index contributed by atoms with van der Waals surface area (Å²) in [5.74, 6) is 2.87. The van der Waals surface area contributed by atoms with Crippen LogP contribution in [0.25, 0.3) is 10.2 Å². The molecular weight excluding hydrogens is 280 g/mol. The van der Waals surface area contributed by atoms with Gasteiger partial charge in [-0.1, -0.05) is 13.8 Å². The minimum Gasteiger partial charge on any atom is -0.356 e. The predicted octanol–water partition coefficient (Wildman–Crippen LogP) is 3.03. The van der Waals surface area contributed by atoms with E-state index in [1.807, 2.05) is 0 Å². The van der Waals surface area contributed by atoms with Crippen LogP contribution in [0.4, 0.5) is 5.82 Å². The van der Waals surface area contributed by atoms with Crippen molar-refractivity contribution >= 4 is 27.4 Å². The van der Waals surface area contributed by atoms with Crippen molar-refractivity contribution < 1.29 is 0 Å². The van der Waals surface area contributed by atoms with E-state index in [0.717, 1.165) is 48.4 Å². The first-order chi connectivity index (χ1) is 10.2. The van der Waals surface area contributed by atoms with E-state index in [1.165, 1.54) is 18.4 Å². The molecule has 0 amide bonds. The zero-order valence-corrected chi connectivity index (χ0v) is 14.0. The van der Waals surface area contributed by atoms with Gasteiger partial charge in [0.1, 0.15) is 16.5 Å². The molecule has 0 aromatic carbocycles. The minimum absolute atomic E-state index is 0.753. The Hall–Kier alpha value is -1.20. The average Bonchev–Trinajstić information content (AvgIpc) is 3.14. The Labute approximate surface area is 130 Å². The van der Waals surface area contributed by atoms with Crippen LogP contribution in [0.3, 0.4) is 0 Å². The van der Waals surface area contributed by atoms with Crippen molar-refractivity contribution in [1.82, 2.24) is 14.9 Å². The van der Waals surface area contributed by atoms with E-state index in [1.54, 1.807) is 11.3 Å². The van der Waals surface area contributed by atoms with Crippen molar-refractivity contribution in [3.63, 3.8) is 0 Å². The van der Waals surface area contributed by atoms with E-state index in [0.29, 0.717) is 0 Å². The second-order valence-corrected chi connectivity index (χ2v) is 6.81. The standard InChI is InChI=1S/C16H24N4S/c1-4-14-17-15(13-7-9-21-16(13)18-14)20-8-6-12(11-20)10-19(3)5-2/h7,9,12H,4-6,8,10-11H2,1-3H3. The largest absolute Gasteiger partial charge is 0.356 e. The molecule has 5 heteroatoms.